The number of amides is 2. The summed E-state index contributed by atoms with van der Waals surface area (Å²) in [5.41, 5.74) is 4.41. The number of carbonyl (C=O) groups is 2. The first-order valence-electron chi connectivity index (χ1n) is 8.94. The van der Waals surface area contributed by atoms with Gasteiger partial charge in [-0.05, 0) is 47.6 Å². The summed E-state index contributed by atoms with van der Waals surface area (Å²) in [5.74, 6) is -0.708. The Bertz CT molecular complexity index is 679. The van der Waals surface area contributed by atoms with Gasteiger partial charge in [-0.1, -0.05) is 6.07 Å². The number of alkyl carbamates (subject to hydrolysis) is 1. The number of rotatable bonds is 7. The monoisotopic (exact) mass is 397 g/mol. The molecule has 1 aromatic rings. The van der Waals surface area contributed by atoms with Crippen molar-refractivity contribution >= 4 is 12.0 Å². The van der Waals surface area contributed by atoms with Crippen LogP contribution in [0.4, 0.5) is 4.79 Å². The van der Waals surface area contributed by atoms with Crippen LogP contribution in [0.3, 0.4) is 0 Å². The van der Waals surface area contributed by atoms with Gasteiger partial charge in [0.15, 0.2) is 0 Å². The fourth-order valence-corrected chi connectivity index (χ4v) is 1.98. The standard InChI is InChI=1S/C19H31N3O6/c1-18(2,3)27-11-14(21-17(26)28-19(4,5)6)16(25)22-20-10-12-7-8-13(23)9-15(12)24/h7-9,14,20,23-24H,10-11H2,1-6H3,(H,21,26)(H,22,25). The van der Waals surface area contributed by atoms with Crippen LogP contribution in [0.1, 0.15) is 47.1 Å². The molecule has 0 spiro atoms. The molecule has 0 fully saturated rings. The van der Waals surface area contributed by atoms with E-state index in [0.717, 1.165) is 0 Å². The third-order valence-corrected chi connectivity index (χ3v) is 3.25. The zero-order chi connectivity index (χ0) is 21.5. The molecule has 9 heteroatoms. The average molecular weight is 397 g/mol. The third kappa shape index (κ3) is 9.43. The van der Waals surface area contributed by atoms with E-state index in [4.69, 9.17) is 9.47 Å². The van der Waals surface area contributed by atoms with Crippen LogP contribution in [0, 0.1) is 0 Å². The van der Waals surface area contributed by atoms with Gasteiger partial charge < -0.3 is 25.0 Å². The van der Waals surface area contributed by atoms with Crippen molar-refractivity contribution in [2.24, 2.45) is 0 Å². The zero-order valence-corrected chi connectivity index (χ0v) is 17.3. The number of hydrazine groups is 1. The average Bonchev–Trinajstić information content (AvgIpc) is 2.50. The fourth-order valence-electron chi connectivity index (χ4n) is 1.98. The highest BCUT2D eigenvalue weighted by atomic mass is 16.6. The molecular weight excluding hydrogens is 366 g/mol. The van der Waals surface area contributed by atoms with Crippen LogP contribution in [0.25, 0.3) is 0 Å². The second-order valence-corrected chi connectivity index (χ2v) is 8.28. The van der Waals surface area contributed by atoms with E-state index in [-0.39, 0.29) is 24.7 Å². The molecule has 0 aromatic heterocycles. The van der Waals surface area contributed by atoms with Crippen LogP contribution >= 0.6 is 0 Å². The van der Waals surface area contributed by atoms with Gasteiger partial charge in [-0.2, -0.15) is 0 Å². The van der Waals surface area contributed by atoms with Crippen LogP contribution in [0.15, 0.2) is 18.2 Å². The van der Waals surface area contributed by atoms with Crippen LogP contribution in [-0.2, 0) is 20.8 Å². The molecule has 0 saturated carbocycles. The first-order chi connectivity index (χ1) is 12.8. The zero-order valence-electron chi connectivity index (χ0n) is 17.3. The van der Waals surface area contributed by atoms with Crippen LogP contribution in [0.5, 0.6) is 11.5 Å². The lowest BCUT2D eigenvalue weighted by atomic mass is 10.2. The van der Waals surface area contributed by atoms with Crippen LogP contribution < -0.4 is 16.2 Å². The summed E-state index contributed by atoms with van der Waals surface area (Å²) >= 11 is 0. The molecule has 5 N–H and O–H groups in total. The van der Waals surface area contributed by atoms with E-state index in [1.165, 1.54) is 18.2 Å². The van der Waals surface area contributed by atoms with E-state index in [1.807, 2.05) is 20.8 Å². The number of carbonyl (C=O) groups excluding carboxylic acids is 2. The number of nitrogens with one attached hydrogen (secondary N) is 3. The maximum Gasteiger partial charge on any atom is 0.408 e. The first-order valence-corrected chi connectivity index (χ1v) is 8.94. The second kappa shape index (κ2) is 9.61. The van der Waals surface area contributed by atoms with E-state index in [1.54, 1.807) is 20.8 Å². The number of aromatic hydroxyl groups is 2. The molecule has 0 aliphatic carbocycles. The number of phenolic OH excluding ortho intramolecular Hbond substituents is 2. The largest absolute Gasteiger partial charge is 0.508 e. The Hall–Kier alpha value is -2.52. The van der Waals surface area contributed by atoms with E-state index < -0.39 is 29.2 Å². The van der Waals surface area contributed by atoms with Crippen molar-refractivity contribution in [3.63, 3.8) is 0 Å². The van der Waals surface area contributed by atoms with Gasteiger partial charge in [0.25, 0.3) is 5.91 Å². The Morgan fingerprint density at radius 3 is 2.25 bits per heavy atom. The highest BCUT2D eigenvalue weighted by molar-refractivity contribution is 5.85. The van der Waals surface area contributed by atoms with Gasteiger partial charge in [-0.15, -0.1) is 0 Å². The Morgan fingerprint density at radius 2 is 1.71 bits per heavy atom. The summed E-state index contributed by atoms with van der Waals surface area (Å²) in [6, 6.07) is 3.14. The van der Waals surface area contributed by atoms with E-state index in [0.29, 0.717) is 5.56 Å². The molecule has 9 nitrogen and oxygen atoms in total. The summed E-state index contributed by atoms with van der Waals surface area (Å²) in [5, 5.41) is 21.6. The quantitative estimate of drug-likeness (QED) is 0.445. The van der Waals surface area contributed by atoms with Gasteiger partial charge in [0, 0.05) is 18.2 Å². The van der Waals surface area contributed by atoms with Crippen molar-refractivity contribution in [2.45, 2.75) is 65.3 Å². The number of benzene rings is 1. The Labute approximate surface area is 165 Å². The third-order valence-electron chi connectivity index (χ3n) is 3.25. The predicted octanol–water partition coefficient (Wildman–Crippen LogP) is 1.93. The van der Waals surface area contributed by atoms with Gasteiger partial charge >= 0.3 is 6.09 Å². The minimum atomic E-state index is -0.991. The molecule has 1 aromatic carbocycles. The molecule has 0 aliphatic rings. The molecule has 0 saturated heterocycles. The molecule has 1 atom stereocenters. The maximum absolute atomic E-state index is 12.5. The van der Waals surface area contributed by atoms with Gasteiger partial charge in [0.2, 0.25) is 0 Å². The van der Waals surface area contributed by atoms with Crippen molar-refractivity contribution in [1.82, 2.24) is 16.2 Å². The maximum atomic E-state index is 12.5. The van der Waals surface area contributed by atoms with E-state index in [2.05, 4.69) is 16.2 Å². The van der Waals surface area contributed by atoms with E-state index in [9.17, 15) is 19.8 Å². The molecule has 1 rings (SSSR count). The predicted molar refractivity (Wildman–Crippen MR) is 104 cm³/mol. The lowest BCUT2D eigenvalue weighted by Crippen LogP contribution is -2.54. The van der Waals surface area contributed by atoms with Crippen molar-refractivity contribution in [3.8, 4) is 11.5 Å². The summed E-state index contributed by atoms with van der Waals surface area (Å²) < 4.78 is 10.8. The van der Waals surface area contributed by atoms with Crippen LogP contribution in [0.2, 0.25) is 0 Å². The number of hydrogen-bond donors (Lipinski definition) is 5. The van der Waals surface area contributed by atoms with Crippen molar-refractivity contribution < 1.29 is 29.3 Å². The SMILES string of the molecule is CC(C)(C)OCC(NC(=O)OC(C)(C)C)C(=O)NNCc1ccc(O)cc1O. The lowest BCUT2D eigenvalue weighted by Gasteiger charge is -2.26. The van der Waals surface area contributed by atoms with Gasteiger partial charge in [0.1, 0.15) is 23.1 Å². The highest BCUT2D eigenvalue weighted by Gasteiger charge is 2.26. The highest BCUT2D eigenvalue weighted by Crippen LogP contribution is 2.22. The van der Waals surface area contributed by atoms with Gasteiger partial charge in [-0.25, -0.2) is 10.2 Å². The number of hydrogen-bond acceptors (Lipinski definition) is 7. The Balaban J connectivity index is 2.67. The molecule has 0 bridgehead atoms. The Kier molecular flexibility index (Phi) is 8.07. The minimum Gasteiger partial charge on any atom is -0.508 e. The van der Waals surface area contributed by atoms with Crippen molar-refractivity contribution in [3.05, 3.63) is 23.8 Å². The smallest absolute Gasteiger partial charge is 0.408 e. The molecular formula is C19H31N3O6. The van der Waals surface area contributed by atoms with Gasteiger partial charge in [0.05, 0.1) is 12.2 Å². The van der Waals surface area contributed by atoms with Crippen LogP contribution in [-0.4, -0.2) is 46.1 Å². The molecule has 0 aliphatic heterocycles. The molecule has 0 radical (unpaired) electrons. The normalized spacial score (nSPS) is 12.9. The molecule has 0 heterocycles. The number of ether oxygens (including phenoxy) is 2. The molecule has 28 heavy (non-hydrogen) atoms. The topological polar surface area (TPSA) is 129 Å². The molecule has 2 amide bonds. The summed E-state index contributed by atoms with van der Waals surface area (Å²) in [4.78, 5) is 24.5. The summed E-state index contributed by atoms with van der Waals surface area (Å²) in [6.45, 7) is 10.7. The minimum absolute atomic E-state index is 0.0548. The number of phenols is 2. The Morgan fingerprint density at radius 1 is 1.07 bits per heavy atom. The van der Waals surface area contributed by atoms with Gasteiger partial charge in [-0.3, -0.25) is 10.2 Å². The van der Waals surface area contributed by atoms with Crippen molar-refractivity contribution in [1.29, 1.82) is 0 Å². The second-order valence-electron chi connectivity index (χ2n) is 8.28. The van der Waals surface area contributed by atoms with E-state index >= 15 is 0 Å². The fraction of sp³-hybridized carbons (Fsp3) is 0.579. The van der Waals surface area contributed by atoms with Crippen molar-refractivity contribution in [2.75, 3.05) is 6.61 Å². The lowest BCUT2D eigenvalue weighted by molar-refractivity contribution is -0.127. The molecule has 1 unspecified atom stereocenters. The first kappa shape index (κ1) is 23.5. The molecule has 158 valence electrons. The summed E-state index contributed by atoms with van der Waals surface area (Å²) in [6.07, 6.45) is -0.735. The summed E-state index contributed by atoms with van der Waals surface area (Å²) in [7, 11) is 0.